The van der Waals surface area contributed by atoms with Gasteiger partial charge in [0.1, 0.15) is 11.8 Å². The number of nitrogens with zero attached hydrogens (tertiary/aromatic N) is 5. The molecule has 1 saturated heterocycles. The van der Waals surface area contributed by atoms with Gasteiger partial charge in [-0.3, -0.25) is 19.8 Å². The molecule has 4 rings (SSSR count). The number of methoxy groups -OCH3 is 1. The number of anilines is 1. The minimum absolute atomic E-state index is 0.0539. The van der Waals surface area contributed by atoms with Gasteiger partial charge in [-0.05, 0) is 44.2 Å². The maximum Gasteiger partial charge on any atom is 0.273 e. The van der Waals surface area contributed by atoms with E-state index in [-0.39, 0.29) is 23.9 Å². The number of hydrogen-bond acceptors (Lipinski definition) is 7. The number of hydrazine groups is 1. The van der Waals surface area contributed by atoms with Crippen LogP contribution in [-0.2, 0) is 9.59 Å². The van der Waals surface area contributed by atoms with Crippen molar-refractivity contribution in [3.63, 3.8) is 0 Å². The van der Waals surface area contributed by atoms with Gasteiger partial charge in [-0.1, -0.05) is 30.3 Å². The molecule has 1 aromatic heterocycles. The number of amides is 3. The fraction of sp³-hybridized carbons (Fsp3) is 0.200. The summed E-state index contributed by atoms with van der Waals surface area (Å²) in [6.07, 6.45) is -0.232. The summed E-state index contributed by atoms with van der Waals surface area (Å²) in [5, 5.41) is 1.08. The molecule has 0 saturated carbocycles. The highest BCUT2D eigenvalue weighted by Gasteiger charge is 2.44. The zero-order valence-electron chi connectivity index (χ0n) is 20.0. The lowest BCUT2D eigenvalue weighted by Gasteiger charge is -2.28. The van der Waals surface area contributed by atoms with Gasteiger partial charge in [-0.2, -0.15) is 4.99 Å². The standard InChI is InChI=1S/C25H25N7O4/c1-15-13-16(2)28-25(27-15)29-24(26)32(30-22(34)18-11-7-8-12-20(18)36-3)19-14-21(33)31(23(19)35)17-9-5-4-6-10-17/h4-13,19H,14H2,1-3H3,(H,30,34)(H2,26,27,28,29)/t19-/m0/s1. The van der Waals surface area contributed by atoms with Crippen LogP contribution in [0.4, 0.5) is 11.6 Å². The summed E-state index contributed by atoms with van der Waals surface area (Å²) in [7, 11) is 1.44. The van der Waals surface area contributed by atoms with Crippen molar-refractivity contribution in [1.82, 2.24) is 20.4 Å². The third-order valence-corrected chi connectivity index (χ3v) is 5.45. The number of ether oxygens (including phenoxy) is 1. The Morgan fingerprint density at radius 3 is 2.39 bits per heavy atom. The molecule has 1 atom stereocenters. The molecule has 0 spiro atoms. The average molecular weight is 488 g/mol. The van der Waals surface area contributed by atoms with Crippen LogP contribution in [-0.4, -0.2) is 51.8 Å². The number of hydrogen-bond donors (Lipinski definition) is 2. The van der Waals surface area contributed by atoms with Crippen molar-refractivity contribution in [1.29, 1.82) is 0 Å². The van der Waals surface area contributed by atoms with Crippen LogP contribution in [0.3, 0.4) is 0 Å². The van der Waals surface area contributed by atoms with Gasteiger partial charge in [0.2, 0.25) is 11.9 Å². The molecule has 3 N–H and O–H groups in total. The molecule has 11 nitrogen and oxygen atoms in total. The molecule has 3 aromatic rings. The van der Waals surface area contributed by atoms with Crippen LogP contribution in [0, 0.1) is 13.8 Å². The highest BCUT2D eigenvalue weighted by atomic mass is 16.5. The Hall–Kier alpha value is -4.80. The van der Waals surface area contributed by atoms with E-state index in [1.807, 2.05) is 0 Å². The fourth-order valence-corrected chi connectivity index (χ4v) is 3.88. The third kappa shape index (κ3) is 4.99. The third-order valence-electron chi connectivity index (χ3n) is 5.45. The van der Waals surface area contributed by atoms with Crippen LogP contribution >= 0.6 is 0 Å². The van der Waals surface area contributed by atoms with Gasteiger partial charge in [0.05, 0.1) is 24.8 Å². The molecule has 0 aliphatic carbocycles. The van der Waals surface area contributed by atoms with Gasteiger partial charge >= 0.3 is 0 Å². The average Bonchev–Trinajstić information content (AvgIpc) is 3.15. The van der Waals surface area contributed by atoms with E-state index < -0.39 is 23.8 Å². The predicted octanol–water partition coefficient (Wildman–Crippen LogP) is 2.03. The molecule has 2 heterocycles. The zero-order valence-corrected chi connectivity index (χ0v) is 20.0. The molecule has 0 unspecified atom stereocenters. The van der Waals surface area contributed by atoms with Gasteiger partial charge in [0.15, 0.2) is 0 Å². The molecular formula is C25H25N7O4. The van der Waals surface area contributed by atoms with Crippen molar-refractivity contribution in [2.24, 2.45) is 10.7 Å². The molecule has 184 valence electrons. The minimum Gasteiger partial charge on any atom is -0.496 e. The first-order valence-electron chi connectivity index (χ1n) is 11.1. The van der Waals surface area contributed by atoms with E-state index in [9.17, 15) is 14.4 Å². The van der Waals surface area contributed by atoms with Crippen molar-refractivity contribution in [2.75, 3.05) is 12.0 Å². The summed E-state index contributed by atoms with van der Waals surface area (Å²) in [6.45, 7) is 3.56. The lowest BCUT2D eigenvalue weighted by atomic mass is 10.2. The number of nitrogens with two attached hydrogens (primary N) is 1. The normalized spacial score (nSPS) is 15.7. The van der Waals surface area contributed by atoms with Gasteiger partial charge in [0.25, 0.3) is 17.8 Å². The first kappa shape index (κ1) is 24.3. The molecule has 11 heteroatoms. The summed E-state index contributed by atoms with van der Waals surface area (Å²) < 4.78 is 5.28. The largest absolute Gasteiger partial charge is 0.496 e. The number of carbonyl (C=O) groups is 3. The van der Waals surface area contributed by atoms with Crippen molar-refractivity contribution in [2.45, 2.75) is 26.3 Å². The second kappa shape index (κ2) is 10.2. The summed E-state index contributed by atoms with van der Waals surface area (Å²) in [6, 6.07) is 15.7. The Balaban J connectivity index is 1.72. The Morgan fingerprint density at radius 1 is 1.08 bits per heavy atom. The summed E-state index contributed by atoms with van der Waals surface area (Å²) in [5.41, 5.74) is 10.9. The molecule has 0 radical (unpaired) electrons. The van der Waals surface area contributed by atoms with Crippen LogP contribution in [0.2, 0.25) is 0 Å². The van der Waals surface area contributed by atoms with Gasteiger partial charge in [-0.25, -0.2) is 19.9 Å². The van der Waals surface area contributed by atoms with Gasteiger partial charge in [-0.15, -0.1) is 0 Å². The number of imide groups is 1. The zero-order chi connectivity index (χ0) is 25.8. The van der Waals surface area contributed by atoms with E-state index in [0.29, 0.717) is 22.8 Å². The molecule has 3 amide bonds. The van der Waals surface area contributed by atoms with E-state index in [1.165, 1.54) is 7.11 Å². The smallest absolute Gasteiger partial charge is 0.273 e. The monoisotopic (exact) mass is 487 g/mol. The molecule has 1 fully saturated rings. The van der Waals surface area contributed by atoms with Crippen LogP contribution < -0.4 is 20.8 Å². The number of aromatic nitrogens is 2. The molecule has 2 aromatic carbocycles. The van der Waals surface area contributed by atoms with E-state index in [1.54, 1.807) is 74.5 Å². The number of benzene rings is 2. The summed E-state index contributed by atoms with van der Waals surface area (Å²) >= 11 is 0. The highest BCUT2D eigenvalue weighted by Crippen LogP contribution is 2.26. The second-order valence-electron chi connectivity index (χ2n) is 8.05. The maximum absolute atomic E-state index is 13.4. The Kier molecular flexibility index (Phi) is 6.91. The molecule has 1 aliphatic rings. The first-order chi connectivity index (χ1) is 17.3. The summed E-state index contributed by atoms with van der Waals surface area (Å²) in [5.74, 6) is -1.50. The van der Waals surface area contributed by atoms with Crippen molar-refractivity contribution >= 4 is 35.3 Å². The number of rotatable bonds is 5. The van der Waals surface area contributed by atoms with Crippen LogP contribution in [0.25, 0.3) is 0 Å². The topological polar surface area (TPSA) is 143 Å². The Labute approximate surface area is 207 Å². The number of aliphatic imine (C=N–C) groups is 1. The Morgan fingerprint density at radius 2 is 1.72 bits per heavy atom. The van der Waals surface area contributed by atoms with Crippen molar-refractivity contribution < 1.29 is 19.1 Å². The van der Waals surface area contributed by atoms with Crippen LogP contribution in [0.15, 0.2) is 65.7 Å². The summed E-state index contributed by atoms with van der Waals surface area (Å²) in [4.78, 5) is 53.3. The molecule has 1 aliphatic heterocycles. The highest BCUT2D eigenvalue weighted by molar-refractivity contribution is 6.23. The number of carbonyl (C=O) groups excluding carboxylic acids is 3. The van der Waals surface area contributed by atoms with Gasteiger partial charge in [0, 0.05) is 11.4 Å². The fourth-order valence-electron chi connectivity index (χ4n) is 3.88. The van der Waals surface area contributed by atoms with E-state index in [0.717, 1.165) is 9.91 Å². The van der Waals surface area contributed by atoms with Gasteiger partial charge < -0.3 is 10.5 Å². The Bertz CT molecular complexity index is 1320. The van der Waals surface area contributed by atoms with Crippen LogP contribution in [0.1, 0.15) is 28.2 Å². The van der Waals surface area contributed by atoms with Crippen LogP contribution in [0.5, 0.6) is 5.75 Å². The van der Waals surface area contributed by atoms with Crippen molar-refractivity contribution in [3.8, 4) is 5.75 Å². The van der Waals surface area contributed by atoms with E-state index in [2.05, 4.69) is 20.4 Å². The number of nitrogens with one attached hydrogen (secondary N) is 1. The minimum atomic E-state index is -1.15. The number of aryl methyl sites for hydroxylation is 2. The first-order valence-corrected chi connectivity index (χ1v) is 11.1. The number of para-hydroxylation sites is 2. The predicted molar refractivity (Wildman–Crippen MR) is 132 cm³/mol. The second-order valence-corrected chi connectivity index (χ2v) is 8.05. The molecule has 36 heavy (non-hydrogen) atoms. The van der Waals surface area contributed by atoms with E-state index >= 15 is 0 Å². The lowest BCUT2D eigenvalue weighted by molar-refractivity contribution is -0.122. The maximum atomic E-state index is 13.4. The SMILES string of the molecule is COc1ccccc1C(=O)NN(C(N)=Nc1nc(C)cc(C)n1)[C@H]1CC(=O)N(c2ccccc2)C1=O. The van der Waals surface area contributed by atoms with E-state index in [4.69, 9.17) is 10.5 Å². The van der Waals surface area contributed by atoms with Crippen molar-refractivity contribution in [3.05, 3.63) is 77.6 Å². The number of guanidine groups is 1. The quantitative estimate of drug-likeness (QED) is 0.241. The lowest BCUT2D eigenvalue weighted by Crippen LogP contribution is -2.57. The molecule has 0 bridgehead atoms. The molecular weight excluding hydrogens is 462 g/mol.